The van der Waals surface area contributed by atoms with Crippen molar-refractivity contribution in [3.8, 4) is 5.88 Å². The molecule has 0 saturated heterocycles. The molecule has 12 heavy (non-hydrogen) atoms. The van der Waals surface area contributed by atoms with E-state index in [2.05, 4.69) is 15.0 Å². The number of aromatic nitrogens is 2. The van der Waals surface area contributed by atoms with Crippen LogP contribution in [-0.2, 0) is 0 Å². The smallest absolute Gasteiger partial charge is 0.238 e. The number of ether oxygens (including phenoxy) is 1. The van der Waals surface area contributed by atoms with Gasteiger partial charge in [0.2, 0.25) is 5.88 Å². The van der Waals surface area contributed by atoms with Crippen LogP contribution in [0, 0.1) is 6.92 Å². The second-order valence-electron chi connectivity index (χ2n) is 2.65. The molecule has 62 valence electrons. The summed E-state index contributed by atoms with van der Waals surface area (Å²) < 4.78 is 5.07. The number of hydrogen-bond donors (Lipinski definition) is 0. The van der Waals surface area contributed by atoms with Gasteiger partial charge in [-0.2, -0.15) is 0 Å². The van der Waals surface area contributed by atoms with Crippen molar-refractivity contribution in [1.82, 2.24) is 9.97 Å². The molecule has 1 aromatic rings. The molecule has 0 fully saturated rings. The summed E-state index contributed by atoms with van der Waals surface area (Å²) in [5.41, 5.74) is 1.67. The van der Waals surface area contributed by atoms with E-state index in [1.54, 1.807) is 13.3 Å². The van der Waals surface area contributed by atoms with Gasteiger partial charge < -0.3 is 4.74 Å². The number of aliphatic imine (C=N–C) groups is 1. The third-order valence-electron chi connectivity index (χ3n) is 1.66. The summed E-state index contributed by atoms with van der Waals surface area (Å²) in [6.07, 6.45) is 3.54. The van der Waals surface area contributed by atoms with Crippen LogP contribution in [0.4, 0.5) is 0 Å². The minimum absolute atomic E-state index is 0.105. The lowest BCUT2D eigenvalue weighted by molar-refractivity contribution is 0.388. The first-order valence-corrected chi connectivity index (χ1v) is 3.72. The molecular weight excluding hydrogens is 154 g/mol. The Bertz CT molecular complexity index is 329. The molecule has 1 aromatic heterocycles. The predicted octanol–water partition coefficient (Wildman–Crippen LogP) is 0.919. The van der Waals surface area contributed by atoms with Crippen molar-refractivity contribution in [3.05, 3.63) is 17.6 Å². The molecule has 2 heterocycles. The van der Waals surface area contributed by atoms with Gasteiger partial charge in [0, 0.05) is 12.4 Å². The fourth-order valence-corrected chi connectivity index (χ4v) is 1.00. The van der Waals surface area contributed by atoms with Gasteiger partial charge in [-0.05, 0) is 6.92 Å². The van der Waals surface area contributed by atoms with Gasteiger partial charge in [0.15, 0.2) is 0 Å². The highest BCUT2D eigenvalue weighted by atomic mass is 16.5. The number of aryl methyl sites for hydroxylation is 1. The van der Waals surface area contributed by atoms with E-state index in [1.165, 1.54) is 0 Å². The van der Waals surface area contributed by atoms with Gasteiger partial charge in [0.25, 0.3) is 0 Å². The first-order chi connectivity index (χ1) is 5.81. The van der Waals surface area contributed by atoms with Gasteiger partial charge in [-0.3, -0.25) is 9.98 Å². The molecule has 0 aromatic carbocycles. The Morgan fingerprint density at radius 3 is 2.83 bits per heavy atom. The summed E-state index contributed by atoms with van der Waals surface area (Å²) in [6, 6.07) is 0.105. The zero-order chi connectivity index (χ0) is 8.55. The van der Waals surface area contributed by atoms with Gasteiger partial charge in [-0.25, -0.2) is 4.98 Å². The van der Waals surface area contributed by atoms with Crippen LogP contribution in [0.5, 0.6) is 5.88 Å². The van der Waals surface area contributed by atoms with Crippen molar-refractivity contribution in [2.45, 2.75) is 13.0 Å². The second kappa shape index (κ2) is 2.55. The highest BCUT2D eigenvalue weighted by molar-refractivity contribution is 5.79. The fourth-order valence-electron chi connectivity index (χ4n) is 1.00. The molecular formula is C8H9N3O. The van der Waals surface area contributed by atoms with Gasteiger partial charge in [-0.15, -0.1) is 0 Å². The van der Waals surface area contributed by atoms with Crippen LogP contribution >= 0.6 is 0 Å². The van der Waals surface area contributed by atoms with E-state index < -0.39 is 0 Å². The minimum Gasteiger partial charge on any atom is -0.480 e. The Morgan fingerprint density at radius 2 is 2.25 bits per heavy atom. The standard InChI is InChI=1S/C8H9N3O/c1-5-3-10-7(6-4-9-6)8(11-5)12-2/h3-4,6H,1-2H3. The first-order valence-electron chi connectivity index (χ1n) is 3.72. The Kier molecular flexibility index (Phi) is 1.53. The Labute approximate surface area is 70.3 Å². The number of nitrogens with zero attached hydrogens (tertiary/aromatic N) is 3. The Morgan fingerprint density at radius 1 is 1.50 bits per heavy atom. The molecule has 0 spiro atoms. The molecule has 0 amide bonds. The van der Waals surface area contributed by atoms with Crippen molar-refractivity contribution in [2.24, 2.45) is 4.99 Å². The van der Waals surface area contributed by atoms with Crippen LogP contribution in [0.2, 0.25) is 0 Å². The van der Waals surface area contributed by atoms with Crippen LogP contribution in [0.25, 0.3) is 0 Å². The fraction of sp³-hybridized carbons (Fsp3) is 0.375. The quantitative estimate of drug-likeness (QED) is 0.651. The van der Waals surface area contributed by atoms with Crippen molar-refractivity contribution in [1.29, 1.82) is 0 Å². The molecule has 2 rings (SSSR count). The average molecular weight is 163 g/mol. The Balaban J connectivity index is 2.38. The summed E-state index contributed by atoms with van der Waals surface area (Å²) in [5, 5.41) is 0. The molecule has 4 heteroatoms. The largest absolute Gasteiger partial charge is 0.480 e. The lowest BCUT2D eigenvalue weighted by Gasteiger charge is -2.04. The second-order valence-corrected chi connectivity index (χ2v) is 2.65. The number of methoxy groups -OCH3 is 1. The summed E-state index contributed by atoms with van der Waals surface area (Å²) in [7, 11) is 1.59. The van der Waals surface area contributed by atoms with Gasteiger partial charge in [0.1, 0.15) is 11.7 Å². The lowest BCUT2D eigenvalue weighted by Crippen LogP contribution is -1.99. The zero-order valence-electron chi connectivity index (χ0n) is 6.98. The summed E-state index contributed by atoms with van der Waals surface area (Å²) in [4.78, 5) is 12.4. The summed E-state index contributed by atoms with van der Waals surface area (Å²) in [6.45, 7) is 1.88. The molecule has 0 N–H and O–H groups in total. The van der Waals surface area contributed by atoms with Crippen LogP contribution in [0.15, 0.2) is 11.2 Å². The van der Waals surface area contributed by atoms with Crippen molar-refractivity contribution in [3.63, 3.8) is 0 Å². The van der Waals surface area contributed by atoms with Gasteiger partial charge >= 0.3 is 0 Å². The molecule has 1 aliphatic rings. The highest BCUT2D eigenvalue weighted by Crippen LogP contribution is 2.28. The average Bonchev–Trinajstić information content (AvgIpc) is 2.87. The van der Waals surface area contributed by atoms with E-state index in [0.29, 0.717) is 5.88 Å². The van der Waals surface area contributed by atoms with Crippen molar-refractivity contribution in [2.75, 3.05) is 7.11 Å². The monoisotopic (exact) mass is 163 g/mol. The number of rotatable bonds is 2. The van der Waals surface area contributed by atoms with Crippen LogP contribution < -0.4 is 4.74 Å². The number of hydrogen-bond acceptors (Lipinski definition) is 4. The topological polar surface area (TPSA) is 47.4 Å². The molecule has 1 aliphatic heterocycles. The third kappa shape index (κ3) is 1.15. The lowest BCUT2D eigenvalue weighted by atomic mass is 10.3. The maximum atomic E-state index is 5.07. The van der Waals surface area contributed by atoms with E-state index in [4.69, 9.17) is 4.74 Å². The van der Waals surface area contributed by atoms with E-state index >= 15 is 0 Å². The van der Waals surface area contributed by atoms with Crippen LogP contribution in [0.3, 0.4) is 0 Å². The molecule has 0 aliphatic carbocycles. The van der Waals surface area contributed by atoms with Gasteiger partial charge in [-0.1, -0.05) is 0 Å². The normalized spacial score (nSPS) is 19.3. The van der Waals surface area contributed by atoms with E-state index in [0.717, 1.165) is 11.4 Å². The molecule has 0 bridgehead atoms. The van der Waals surface area contributed by atoms with Crippen molar-refractivity contribution >= 4 is 6.21 Å². The molecule has 1 unspecified atom stereocenters. The summed E-state index contributed by atoms with van der Waals surface area (Å²) in [5.74, 6) is 0.581. The molecule has 1 atom stereocenters. The van der Waals surface area contributed by atoms with E-state index in [1.807, 2.05) is 13.1 Å². The van der Waals surface area contributed by atoms with E-state index in [-0.39, 0.29) is 6.04 Å². The highest BCUT2D eigenvalue weighted by Gasteiger charge is 2.22. The minimum atomic E-state index is 0.105. The summed E-state index contributed by atoms with van der Waals surface area (Å²) >= 11 is 0. The maximum absolute atomic E-state index is 5.07. The first kappa shape index (κ1) is 7.21. The zero-order valence-corrected chi connectivity index (χ0v) is 6.98. The van der Waals surface area contributed by atoms with Crippen LogP contribution in [-0.4, -0.2) is 23.3 Å². The predicted molar refractivity (Wildman–Crippen MR) is 44.6 cm³/mol. The Hall–Kier alpha value is -1.45. The van der Waals surface area contributed by atoms with Crippen molar-refractivity contribution < 1.29 is 4.74 Å². The maximum Gasteiger partial charge on any atom is 0.238 e. The molecule has 4 nitrogen and oxygen atoms in total. The molecule has 0 saturated carbocycles. The molecule has 0 radical (unpaired) electrons. The van der Waals surface area contributed by atoms with E-state index in [9.17, 15) is 0 Å². The third-order valence-corrected chi connectivity index (χ3v) is 1.66. The van der Waals surface area contributed by atoms with Gasteiger partial charge in [0.05, 0.1) is 12.8 Å². The SMILES string of the molecule is COc1nc(C)cnc1C1C=N1. The van der Waals surface area contributed by atoms with Crippen LogP contribution in [0.1, 0.15) is 17.4 Å².